The molecule has 26 heavy (non-hydrogen) atoms. The number of urea groups is 1. The molecule has 0 radical (unpaired) electrons. The first kappa shape index (κ1) is 17.3. The number of anilines is 3. The Labute approximate surface area is 150 Å². The highest BCUT2D eigenvalue weighted by Gasteiger charge is 2.17. The number of carbonyl (C=O) groups is 1. The zero-order valence-electron chi connectivity index (χ0n) is 14.5. The van der Waals surface area contributed by atoms with Crippen molar-refractivity contribution in [3.63, 3.8) is 0 Å². The molecule has 134 valence electrons. The van der Waals surface area contributed by atoms with Gasteiger partial charge < -0.3 is 19.8 Å². The molecule has 0 bridgehead atoms. The summed E-state index contributed by atoms with van der Waals surface area (Å²) < 4.78 is 10.5. The van der Waals surface area contributed by atoms with Crippen LogP contribution in [0.25, 0.3) is 11.0 Å². The lowest BCUT2D eigenvalue weighted by molar-refractivity contribution is 0.262. The zero-order valence-corrected chi connectivity index (χ0v) is 14.5. The first-order valence-corrected chi connectivity index (χ1v) is 8.14. The summed E-state index contributed by atoms with van der Waals surface area (Å²) in [4.78, 5) is 24.8. The van der Waals surface area contributed by atoms with Crippen LogP contribution in [0.15, 0.2) is 57.7 Å². The zero-order chi connectivity index (χ0) is 18.5. The number of carbonyl (C=O) groups excluding carboxylic acids is 1. The van der Waals surface area contributed by atoms with Crippen LogP contribution in [0.5, 0.6) is 5.75 Å². The van der Waals surface area contributed by atoms with Crippen molar-refractivity contribution in [3.8, 4) is 5.75 Å². The number of hydrogen-bond acceptors (Lipinski definition) is 5. The van der Waals surface area contributed by atoms with Gasteiger partial charge in [-0.2, -0.15) is 0 Å². The lowest BCUT2D eigenvalue weighted by atomic mass is 10.2. The predicted molar refractivity (Wildman–Crippen MR) is 102 cm³/mol. The van der Waals surface area contributed by atoms with E-state index in [1.54, 1.807) is 36.4 Å². The molecule has 0 atom stereocenters. The van der Waals surface area contributed by atoms with Gasteiger partial charge in [0, 0.05) is 11.9 Å². The number of benzene rings is 2. The summed E-state index contributed by atoms with van der Waals surface area (Å²) in [7, 11) is 1.51. The third-order valence-corrected chi connectivity index (χ3v) is 3.76. The van der Waals surface area contributed by atoms with Gasteiger partial charge in [0.15, 0.2) is 5.69 Å². The molecule has 7 nitrogen and oxygen atoms in total. The monoisotopic (exact) mass is 353 g/mol. The van der Waals surface area contributed by atoms with Crippen molar-refractivity contribution in [3.05, 3.63) is 59.0 Å². The van der Waals surface area contributed by atoms with Crippen LogP contribution in [0.1, 0.15) is 6.92 Å². The molecule has 3 rings (SSSR count). The van der Waals surface area contributed by atoms with Crippen LogP contribution in [-0.2, 0) is 0 Å². The van der Waals surface area contributed by atoms with Crippen molar-refractivity contribution in [1.29, 1.82) is 0 Å². The SMILES string of the molecule is CCNc1c(NC(=O)Nc2ccccc2OC)c(=O)oc2ccccc12. The molecule has 2 amide bonds. The van der Waals surface area contributed by atoms with Crippen LogP contribution in [0.2, 0.25) is 0 Å². The molecule has 0 aliphatic heterocycles. The molecule has 1 aromatic heterocycles. The summed E-state index contributed by atoms with van der Waals surface area (Å²) in [5.74, 6) is 0.514. The van der Waals surface area contributed by atoms with Gasteiger partial charge in [0.25, 0.3) is 0 Å². The highest BCUT2D eigenvalue weighted by molar-refractivity contribution is 6.06. The van der Waals surface area contributed by atoms with Gasteiger partial charge in [-0.3, -0.25) is 5.32 Å². The Morgan fingerprint density at radius 2 is 1.77 bits per heavy atom. The molecular formula is C19H19N3O4. The molecule has 0 fully saturated rings. The predicted octanol–water partition coefficient (Wildman–Crippen LogP) is 3.88. The van der Waals surface area contributed by atoms with E-state index in [0.29, 0.717) is 34.6 Å². The van der Waals surface area contributed by atoms with Crippen LogP contribution in [0, 0.1) is 0 Å². The minimum absolute atomic E-state index is 0.0537. The van der Waals surface area contributed by atoms with Gasteiger partial charge in [-0.1, -0.05) is 24.3 Å². The standard InChI is InChI=1S/C19H19N3O4/c1-3-20-16-12-8-4-6-10-14(12)26-18(23)17(16)22-19(24)21-13-9-5-7-11-15(13)25-2/h4-11,20H,3H2,1-2H3,(H2,21,22,24). The first-order valence-electron chi connectivity index (χ1n) is 8.14. The van der Waals surface area contributed by atoms with E-state index in [1.807, 2.05) is 19.1 Å². The number of ether oxygens (including phenoxy) is 1. The molecule has 7 heteroatoms. The van der Waals surface area contributed by atoms with E-state index in [-0.39, 0.29) is 5.69 Å². The molecule has 2 aromatic carbocycles. The molecule has 3 aromatic rings. The second-order valence-corrected chi connectivity index (χ2v) is 5.45. The van der Waals surface area contributed by atoms with E-state index < -0.39 is 11.7 Å². The highest BCUT2D eigenvalue weighted by atomic mass is 16.5. The fourth-order valence-corrected chi connectivity index (χ4v) is 2.64. The molecule has 0 aliphatic rings. The summed E-state index contributed by atoms with van der Waals surface area (Å²) in [5.41, 5.74) is 0.883. The van der Waals surface area contributed by atoms with Crippen molar-refractivity contribution >= 4 is 34.1 Å². The normalized spacial score (nSPS) is 10.4. The van der Waals surface area contributed by atoms with Crippen molar-refractivity contribution in [2.24, 2.45) is 0 Å². The van der Waals surface area contributed by atoms with Crippen molar-refractivity contribution in [2.75, 3.05) is 29.6 Å². The summed E-state index contributed by atoms with van der Waals surface area (Å²) >= 11 is 0. The average molecular weight is 353 g/mol. The second-order valence-electron chi connectivity index (χ2n) is 5.45. The van der Waals surface area contributed by atoms with Crippen molar-refractivity contribution in [1.82, 2.24) is 0 Å². The maximum Gasteiger partial charge on any atom is 0.362 e. The van der Waals surface area contributed by atoms with Gasteiger partial charge in [0.1, 0.15) is 11.3 Å². The third-order valence-electron chi connectivity index (χ3n) is 3.76. The molecule has 0 saturated heterocycles. The number of amides is 2. The number of nitrogens with one attached hydrogen (secondary N) is 3. The van der Waals surface area contributed by atoms with Gasteiger partial charge in [0.05, 0.1) is 18.5 Å². The molecule has 0 saturated carbocycles. The van der Waals surface area contributed by atoms with Gasteiger partial charge in [-0.15, -0.1) is 0 Å². The highest BCUT2D eigenvalue weighted by Crippen LogP contribution is 2.29. The fraction of sp³-hybridized carbons (Fsp3) is 0.158. The Balaban J connectivity index is 1.95. The Morgan fingerprint density at radius 1 is 1.04 bits per heavy atom. The summed E-state index contributed by atoms with van der Waals surface area (Å²) in [6.45, 7) is 2.48. The lowest BCUT2D eigenvalue weighted by Gasteiger charge is -2.14. The van der Waals surface area contributed by atoms with E-state index in [1.165, 1.54) is 7.11 Å². The summed E-state index contributed by atoms with van der Waals surface area (Å²) in [5, 5.41) is 9.09. The van der Waals surface area contributed by atoms with E-state index >= 15 is 0 Å². The number of para-hydroxylation sites is 3. The van der Waals surface area contributed by atoms with Gasteiger partial charge in [-0.05, 0) is 31.2 Å². The van der Waals surface area contributed by atoms with Gasteiger partial charge in [-0.25, -0.2) is 9.59 Å². The third kappa shape index (κ3) is 3.46. The van der Waals surface area contributed by atoms with E-state index in [2.05, 4.69) is 16.0 Å². The maximum atomic E-state index is 12.4. The topological polar surface area (TPSA) is 92.6 Å². The second kappa shape index (κ2) is 7.60. The van der Waals surface area contributed by atoms with E-state index in [0.717, 1.165) is 0 Å². The van der Waals surface area contributed by atoms with Crippen molar-refractivity contribution < 1.29 is 13.9 Å². The largest absolute Gasteiger partial charge is 0.495 e. The fourth-order valence-electron chi connectivity index (χ4n) is 2.64. The Morgan fingerprint density at radius 3 is 2.54 bits per heavy atom. The van der Waals surface area contributed by atoms with Gasteiger partial charge in [0.2, 0.25) is 0 Å². The van der Waals surface area contributed by atoms with Crippen LogP contribution < -0.4 is 26.3 Å². The van der Waals surface area contributed by atoms with Crippen LogP contribution in [-0.4, -0.2) is 19.7 Å². The molecule has 1 heterocycles. The van der Waals surface area contributed by atoms with Crippen molar-refractivity contribution in [2.45, 2.75) is 6.92 Å². The van der Waals surface area contributed by atoms with Gasteiger partial charge >= 0.3 is 11.7 Å². The Hall–Kier alpha value is -3.48. The average Bonchev–Trinajstić information content (AvgIpc) is 2.65. The van der Waals surface area contributed by atoms with E-state index in [4.69, 9.17) is 9.15 Å². The summed E-state index contributed by atoms with van der Waals surface area (Å²) in [6, 6.07) is 13.6. The maximum absolute atomic E-state index is 12.4. The number of hydrogen-bond donors (Lipinski definition) is 3. The lowest BCUT2D eigenvalue weighted by Crippen LogP contribution is -2.24. The molecular weight excluding hydrogens is 334 g/mol. The number of rotatable bonds is 5. The van der Waals surface area contributed by atoms with Crippen LogP contribution >= 0.6 is 0 Å². The van der Waals surface area contributed by atoms with Crippen LogP contribution in [0.3, 0.4) is 0 Å². The summed E-state index contributed by atoms with van der Waals surface area (Å²) in [6.07, 6.45) is 0. The first-order chi connectivity index (χ1) is 12.6. The smallest absolute Gasteiger partial charge is 0.362 e. The molecule has 0 spiro atoms. The van der Waals surface area contributed by atoms with E-state index in [9.17, 15) is 9.59 Å². The quantitative estimate of drug-likeness (QED) is 0.605. The Kier molecular flexibility index (Phi) is 5.07. The number of methoxy groups -OCH3 is 1. The minimum Gasteiger partial charge on any atom is -0.495 e. The molecule has 0 unspecified atom stereocenters. The van der Waals surface area contributed by atoms with Crippen LogP contribution in [0.4, 0.5) is 21.9 Å². The minimum atomic E-state index is -0.630. The molecule has 0 aliphatic carbocycles. The number of fused-ring (bicyclic) bond motifs is 1. The Bertz CT molecular complexity index is 997. The molecule has 3 N–H and O–H groups in total.